The third-order valence-electron chi connectivity index (χ3n) is 4.48. The molecule has 2 rings (SSSR count). The Morgan fingerprint density at radius 3 is 2.89 bits per heavy atom. The molecule has 0 bridgehead atoms. The van der Waals surface area contributed by atoms with Crippen LogP contribution in [0.15, 0.2) is 23.2 Å². The summed E-state index contributed by atoms with van der Waals surface area (Å²) < 4.78 is 24.9. The van der Waals surface area contributed by atoms with E-state index in [4.69, 9.17) is 21.1 Å². The summed E-state index contributed by atoms with van der Waals surface area (Å²) in [6, 6.07) is 4.75. The van der Waals surface area contributed by atoms with Crippen molar-refractivity contribution in [1.29, 1.82) is 0 Å². The first kappa shape index (κ1) is 21.9. The Morgan fingerprint density at radius 2 is 2.15 bits per heavy atom. The Labute approximate surface area is 166 Å². The van der Waals surface area contributed by atoms with E-state index in [1.54, 1.807) is 12.1 Å². The molecular weight excluding hydrogens is 369 g/mol. The predicted molar refractivity (Wildman–Crippen MR) is 108 cm³/mol. The van der Waals surface area contributed by atoms with Gasteiger partial charge in [-0.3, -0.25) is 4.99 Å². The Morgan fingerprint density at radius 1 is 1.33 bits per heavy atom. The van der Waals surface area contributed by atoms with Crippen molar-refractivity contribution in [3.63, 3.8) is 0 Å². The van der Waals surface area contributed by atoms with Crippen molar-refractivity contribution in [3.8, 4) is 0 Å². The van der Waals surface area contributed by atoms with Gasteiger partial charge in [0.1, 0.15) is 5.82 Å². The molecule has 1 aromatic rings. The van der Waals surface area contributed by atoms with Crippen LogP contribution in [-0.4, -0.2) is 52.0 Å². The number of hydrogen-bond donors (Lipinski definition) is 2. The second-order valence-electron chi connectivity index (χ2n) is 6.62. The number of nitrogens with one attached hydrogen (secondary N) is 2. The van der Waals surface area contributed by atoms with E-state index in [1.807, 2.05) is 6.92 Å². The average Bonchev–Trinajstić information content (AvgIpc) is 2.67. The molecule has 0 saturated carbocycles. The maximum atomic E-state index is 13.8. The van der Waals surface area contributed by atoms with Crippen LogP contribution in [0.5, 0.6) is 0 Å². The van der Waals surface area contributed by atoms with Crippen LogP contribution >= 0.6 is 11.6 Å². The Bertz CT molecular complexity index is 560. The summed E-state index contributed by atoms with van der Waals surface area (Å²) in [6.07, 6.45) is 3.57. The van der Waals surface area contributed by atoms with Crippen LogP contribution in [0.1, 0.15) is 31.7 Å². The van der Waals surface area contributed by atoms with E-state index >= 15 is 0 Å². The molecule has 0 atom stereocenters. The van der Waals surface area contributed by atoms with Crippen molar-refractivity contribution in [2.75, 3.05) is 46.1 Å². The smallest absolute Gasteiger partial charge is 0.191 e. The van der Waals surface area contributed by atoms with Crippen molar-refractivity contribution in [1.82, 2.24) is 10.6 Å². The fourth-order valence-corrected chi connectivity index (χ4v) is 3.20. The van der Waals surface area contributed by atoms with Gasteiger partial charge in [-0.25, -0.2) is 4.39 Å². The molecule has 2 N–H and O–H groups in total. The van der Waals surface area contributed by atoms with E-state index in [0.29, 0.717) is 42.6 Å². The van der Waals surface area contributed by atoms with Gasteiger partial charge in [-0.1, -0.05) is 17.7 Å². The monoisotopic (exact) mass is 399 g/mol. The first-order valence-corrected chi connectivity index (χ1v) is 10.2. The number of ether oxygens (including phenoxy) is 2. The fourth-order valence-electron chi connectivity index (χ4n) is 2.94. The van der Waals surface area contributed by atoms with Gasteiger partial charge < -0.3 is 20.1 Å². The van der Waals surface area contributed by atoms with Crippen LogP contribution in [0.4, 0.5) is 4.39 Å². The van der Waals surface area contributed by atoms with E-state index in [1.165, 1.54) is 6.07 Å². The molecule has 1 aliphatic heterocycles. The molecule has 0 aromatic heterocycles. The van der Waals surface area contributed by atoms with E-state index < -0.39 is 0 Å². The average molecular weight is 400 g/mol. The topological polar surface area (TPSA) is 54.9 Å². The minimum Gasteiger partial charge on any atom is -0.381 e. The Balaban J connectivity index is 1.64. The van der Waals surface area contributed by atoms with Crippen LogP contribution < -0.4 is 10.6 Å². The summed E-state index contributed by atoms with van der Waals surface area (Å²) in [5, 5.41) is 6.88. The lowest BCUT2D eigenvalue weighted by molar-refractivity contribution is 0.0205. The molecular formula is C20H31ClFN3O2. The molecule has 5 nitrogen and oxygen atoms in total. The van der Waals surface area contributed by atoms with Crippen molar-refractivity contribution in [3.05, 3.63) is 34.6 Å². The number of hydrogen-bond acceptors (Lipinski definition) is 3. The van der Waals surface area contributed by atoms with E-state index in [2.05, 4.69) is 15.6 Å². The summed E-state index contributed by atoms with van der Waals surface area (Å²) in [5.41, 5.74) is 0.532. The number of nitrogens with zero attached hydrogens (tertiary/aromatic N) is 1. The second kappa shape index (κ2) is 12.9. The SMILES string of the molecule is CCNC(=NCCCOCC1CCOCC1)NCCc1c(F)cccc1Cl. The van der Waals surface area contributed by atoms with E-state index in [9.17, 15) is 4.39 Å². The molecule has 0 unspecified atom stereocenters. The zero-order valence-corrected chi connectivity index (χ0v) is 16.9. The molecule has 1 heterocycles. The summed E-state index contributed by atoms with van der Waals surface area (Å²) in [5.74, 6) is 1.09. The first-order valence-electron chi connectivity index (χ1n) is 9.81. The fraction of sp³-hybridized carbons (Fsp3) is 0.650. The maximum Gasteiger partial charge on any atom is 0.191 e. The zero-order valence-electron chi connectivity index (χ0n) is 16.1. The highest BCUT2D eigenvalue weighted by molar-refractivity contribution is 6.31. The number of halogens is 2. The molecule has 7 heteroatoms. The molecule has 0 spiro atoms. The van der Waals surface area contributed by atoms with Crippen LogP contribution in [-0.2, 0) is 15.9 Å². The third-order valence-corrected chi connectivity index (χ3v) is 4.84. The largest absolute Gasteiger partial charge is 0.381 e. The highest BCUT2D eigenvalue weighted by Gasteiger charge is 2.13. The number of rotatable bonds is 10. The predicted octanol–water partition coefficient (Wildman–Crippen LogP) is 3.41. The van der Waals surface area contributed by atoms with Gasteiger partial charge in [0.2, 0.25) is 0 Å². The van der Waals surface area contributed by atoms with Gasteiger partial charge in [0, 0.05) is 56.6 Å². The quantitative estimate of drug-likeness (QED) is 0.359. The Kier molecular flexibility index (Phi) is 10.5. The van der Waals surface area contributed by atoms with Crippen LogP contribution in [0.3, 0.4) is 0 Å². The zero-order chi connectivity index (χ0) is 19.3. The van der Waals surface area contributed by atoms with Gasteiger partial charge in [-0.2, -0.15) is 0 Å². The molecule has 0 aliphatic carbocycles. The second-order valence-corrected chi connectivity index (χ2v) is 7.03. The van der Waals surface area contributed by atoms with Crippen LogP contribution in [0.2, 0.25) is 5.02 Å². The summed E-state index contributed by atoms with van der Waals surface area (Å²) in [4.78, 5) is 4.54. The van der Waals surface area contributed by atoms with Crippen molar-refractivity contribution >= 4 is 17.6 Å². The van der Waals surface area contributed by atoms with Crippen LogP contribution in [0, 0.1) is 11.7 Å². The molecule has 1 fully saturated rings. The minimum atomic E-state index is -0.270. The molecule has 0 amide bonds. The molecule has 1 aromatic carbocycles. The van der Waals surface area contributed by atoms with E-state index in [0.717, 1.165) is 51.6 Å². The number of aliphatic imine (C=N–C) groups is 1. The van der Waals surface area contributed by atoms with Crippen molar-refractivity contribution in [2.24, 2.45) is 10.9 Å². The van der Waals surface area contributed by atoms with Crippen LogP contribution in [0.25, 0.3) is 0 Å². The first-order chi connectivity index (χ1) is 13.2. The maximum absolute atomic E-state index is 13.8. The molecule has 0 radical (unpaired) electrons. The number of guanidine groups is 1. The van der Waals surface area contributed by atoms with Gasteiger partial charge in [-0.05, 0) is 50.7 Å². The van der Waals surface area contributed by atoms with Crippen molar-refractivity contribution < 1.29 is 13.9 Å². The number of benzene rings is 1. The van der Waals surface area contributed by atoms with Crippen molar-refractivity contribution in [2.45, 2.75) is 32.6 Å². The van der Waals surface area contributed by atoms with Gasteiger partial charge in [0.15, 0.2) is 5.96 Å². The van der Waals surface area contributed by atoms with E-state index in [-0.39, 0.29) is 5.82 Å². The minimum absolute atomic E-state index is 0.270. The summed E-state index contributed by atoms with van der Waals surface area (Å²) in [7, 11) is 0. The Hall–Kier alpha value is -1.37. The van der Waals surface area contributed by atoms with Gasteiger partial charge in [0.25, 0.3) is 0 Å². The highest BCUT2D eigenvalue weighted by atomic mass is 35.5. The van der Waals surface area contributed by atoms with Gasteiger partial charge in [-0.15, -0.1) is 0 Å². The standard InChI is InChI=1S/C20H31ClFN3O2/c1-2-23-20(25-11-7-17-18(21)5-3-6-19(17)22)24-10-4-12-27-15-16-8-13-26-14-9-16/h3,5-6,16H,2,4,7-15H2,1H3,(H2,23,24,25). The normalized spacial score (nSPS) is 15.7. The third kappa shape index (κ3) is 8.45. The van der Waals surface area contributed by atoms with Gasteiger partial charge in [0.05, 0.1) is 0 Å². The molecule has 27 heavy (non-hydrogen) atoms. The lowest BCUT2D eigenvalue weighted by Crippen LogP contribution is -2.38. The van der Waals surface area contributed by atoms with Gasteiger partial charge >= 0.3 is 0 Å². The summed E-state index contributed by atoms with van der Waals surface area (Å²) >= 11 is 6.06. The summed E-state index contributed by atoms with van der Waals surface area (Å²) in [6.45, 7) is 7.27. The molecule has 1 aliphatic rings. The lowest BCUT2D eigenvalue weighted by Gasteiger charge is -2.21. The molecule has 1 saturated heterocycles. The lowest BCUT2D eigenvalue weighted by atomic mass is 10.0. The highest BCUT2D eigenvalue weighted by Crippen LogP contribution is 2.19. The molecule has 152 valence electrons.